The van der Waals surface area contributed by atoms with E-state index in [4.69, 9.17) is 4.74 Å². The molecule has 0 bridgehead atoms. The summed E-state index contributed by atoms with van der Waals surface area (Å²) >= 11 is 0. The summed E-state index contributed by atoms with van der Waals surface area (Å²) in [6.07, 6.45) is 1.67. The van der Waals surface area contributed by atoms with E-state index in [0.717, 1.165) is 35.0 Å². The van der Waals surface area contributed by atoms with E-state index in [1.54, 1.807) is 9.80 Å². The SMILES string of the molecule is CC(C)OCCCN1CC(=O)N2CCc3c([nH]c4ccccc34)[C@@]2(C)C1=O. The Morgan fingerprint density at radius 2 is 2.04 bits per heavy atom. The van der Waals surface area contributed by atoms with Gasteiger partial charge in [-0.1, -0.05) is 18.2 Å². The maximum absolute atomic E-state index is 13.5. The van der Waals surface area contributed by atoms with Crippen molar-refractivity contribution in [1.82, 2.24) is 14.8 Å². The molecular weight excluding hydrogens is 342 g/mol. The Kier molecular flexibility index (Phi) is 4.46. The molecule has 1 N–H and O–H groups in total. The van der Waals surface area contributed by atoms with E-state index in [2.05, 4.69) is 11.1 Å². The molecular formula is C21H27N3O3. The smallest absolute Gasteiger partial charge is 0.254 e. The van der Waals surface area contributed by atoms with Crippen molar-refractivity contribution in [3.05, 3.63) is 35.5 Å². The highest BCUT2D eigenvalue weighted by atomic mass is 16.5. The zero-order valence-electron chi connectivity index (χ0n) is 16.2. The minimum Gasteiger partial charge on any atom is -0.379 e. The van der Waals surface area contributed by atoms with E-state index in [1.165, 1.54) is 0 Å². The summed E-state index contributed by atoms with van der Waals surface area (Å²) in [5, 5.41) is 1.15. The molecule has 1 aromatic heterocycles. The van der Waals surface area contributed by atoms with Crippen molar-refractivity contribution in [2.45, 2.75) is 45.3 Å². The van der Waals surface area contributed by atoms with Crippen molar-refractivity contribution in [1.29, 1.82) is 0 Å². The van der Waals surface area contributed by atoms with Crippen LogP contribution < -0.4 is 0 Å². The molecule has 1 atom stereocenters. The maximum Gasteiger partial charge on any atom is 0.254 e. The van der Waals surface area contributed by atoms with Gasteiger partial charge in [-0.3, -0.25) is 9.59 Å². The predicted octanol–water partition coefficient (Wildman–Crippen LogP) is 2.43. The summed E-state index contributed by atoms with van der Waals surface area (Å²) in [6.45, 7) is 7.75. The van der Waals surface area contributed by atoms with Gasteiger partial charge in [0.2, 0.25) is 5.91 Å². The Morgan fingerprint density at radius 1 is 1.26 bits per heavy atom. The molecule has 2 amide bonds. The summed E-state index contributed by atoms with van der Waals surface area (Å²) in [4.78, 5) is 33.2. The third kappa shape index (κ3) is 2.83. The second-order valence-corrected chi connectivity index (χ2v) is 7.89. The van der Waals surface area contributed by atoms with Crippen LogP contribution in [0.5, 0.6) is 0 Å². The molecule has 0 radical (unpaired) electrons. The van der Waals surface area contributed by atoms with E-state index in [1.807, 2.05) is 39.0 Å². The standard InChI is InChI=1S/C21H27N3O3/c1-14(2)27-12-6-10-23-13-18(25)24-11-9-16-15-7-4-5-8-17(15)22-19(16)21(24,3)20(23)26/h4-5,7-8,14,22H,6,9-13H2,1-3H3/t21-/m0/s1. The van der Waals surface area contributed by atoms with Crippen LogP contribution in [-0.4, -0.2) is 58.9 Å². The molecule has 144 valence electrons. The first-order valence-electron chi connectivity index (χ1n) is 9.74. The highest BCUT2D eigenvalue weighted by molar-refractivity contribution is 6.00. The number of fused-ring (bicyclic) bond motifs is 5. The van der Waals surface area contributed by atoms with E-state index < -0.39 is 5.54 Å². The Labute approximate surface area is 159 Å². The van der Waals surface area contributed by atoms with Gasteiger partial charge < -0.3 is 19.5 Å². The lowest BCUT2D eigenvalue weighted by Crippen LogP contribution is -2.67. The fraction of sp³-hybridized carbons (Fsp3) is 0.524. The molecule has 0 unspecified atom stereocenters. The lowest BCUT2D eigenvalue weighted by Gasteiger charge is -2.49. The first kappa shape index (κ1) is 18.0. The Balaban J connectivity index is 1.66. The number of ether oxygens (including phenoxy) is 1. The van der Waals surface area contributed by atoms with Crippen LogP contribution in [0.3, 0.4) is 0 Å². The number of benzene rings is 1. The Hall–Kier alpha value is -2.34. The highest BCUT2D eigenvalue weighted by Gasteiger charge is 2.53. The van der Waals surface area contributed by atoms with Gasteiger partial charge in [0.15, 0.2) is 5.54 Å². The van der Waals surface area contributed by atoms with Gasteiger partial charge >= 0.3 is 0 Å². The largest absolute Gasteiger partial charge is 0.379 e. The molecule has 2 aliphatic heterocycles. The minimum absolute atomic E-state index is 0.000784. The zero-order chi connectivity index (χ0) is 19.2. The van der Waals surface area contributed by atoms with Crippen molar-refractivity contribution < 1.29 is 14.3 Å². The molecule has 2 aliphatic rings. The van der Waals surface area contributed by atoms with Gasteiger partial charge in [0, 0.05) is 30.6 Å². The van der Waals surface area contributed by atoms with Crippen LogP contribution in [0.1, 0.15) is 38.4 Å². The summed E-state index contributed by atoms with van der Waals surface area (Å²) < 4.78 is 5.58. The number of amides is 2. The van der Waals surface area contributed by atoms with Gasteiger partial charge in [-0.05, 0) is 45.2 Å². The summed E-state index contributed by atoms with van der Waals surface area (Å²) in [6, 6.07) is 8.11. The maximum atomic E-state index is 13.5. The summed E-state index contributed by atoms with van der Waals surface area (Å²) in [5.41, 5.74) is 2.10. The number of hydrogen-bond acceptors (Lipinski definition) is 3. The molecule has 1 aromatic carbocycles. The topological polar surface area (TPSA) is 65.6 Å². The average molecular weight is 369 g/mol. The first-order chi connectivity index (χ1) is 12.9. The monoisotopic (exact) mass is 369 g/mol. The van der Waals surface area contributed by atoms with Crippen molar-refractivity contribution in [2.75, 3.05) is 26.2 Å². The van der Waals surface area contributed by atoms with Crippen molar-refractivity contribution >= 4 is 22.7 Å². The number of carbonyl (C=O) groups excluding carboxylic acids is 2. The van der Waals surface area contributed by atoms with Crippen LogP contribution in [0.25, 0.3) is 10.9 Å². The number of hydrogen-bond donors (Lipinski definition) is 1. The van der Waals surface area contributed by atoms with E-state index in [-0.39, 0.29) is 24.5 Å². The summed E-state index contributed by atoms with van der Waals surface area (Å²) in [7, 11) is 0. The molecule has 0 saturated carbocycles. The van der Waals surface area contributed by atoms with Crippen molar-refractivity contribution in [2.24, 2.45) is 0 Å². The molecule has 6 nitrogen and oxygen atoms in total. The third-order valence-corrected chi connectivity index (χ3v) is 5.78. The number of H-pyrrole nitrogens is 1. The van der Waals surface area contributed by atoms with Gasteiger partial charge in [0.1, 0.15) is 0 Å². The molecule has 27 heavy (non-hydrogen) atoms. The van der Waals surface area contributed by atoms with Gasteiger partial charge in [-0.25, -0.2) is 0 Å². The van der Waals surface area contributed by atoms with Crippen LogP contribution in [-0.2, 0) is 26.3 Å². The molecule has 0 spiro atoms. The quantitative estimate of drug-likeness (QED) is 0.823. The normalized spacial score (nSPS) is 22.5. The van der Waals surface area contributed by atoms with Crippen LogP contribution in [0.15, 0.2) is 24.3 Å². The number of aromatic amines is 1. The number of nitrogens with one attached hydrogen (secondary N) is 1. The fourth-order valence-corrected chi connectivity index (χ4v) is 4.44. The van der Waals surface area contributed by atoms with E-state index in [0.29, 0.717) is 19.7 Å². The average Bonchev–Trinajstić information content (AvgIpc) is 3.03. The van der Waals surface area contributed by atoms with Crippen LogP contribution in [0.4, 0.5) is 0 Å². The van der Waals surface area contributed by atoms with Gasteiger partial charge in [-0.15, -0.1) is 0 Å². The van der Waals surface area contributed by atoms with Crippen molar-refractivity contribution in [3.63, 3.8) is 0 Å². The van der Waals surface area contributed by atoms with Gasteiger partial charge in [0.05, 0.1) is 18.3 Å². The van der Waals surface area contributed by atoms with Gasteiger partial charge in [0.25, 0.3) is 5.91 Å². The lowest BCUT2D eigenvalue weighted by molar-refractivity contribution is -0.166. The van der Waals surface area contributed by atoms with Crippen molar-refractivity contribution in [3.8, 4) is 0 Å². The second-order valence-electron chi connectivity index (χ2n) is 7.89. The summed E-state index contributed by atoms with van der Waals surface area (Å²) in [5.74, 6) is 0.0188. The van der Waals surface area contributed by atoms with Crippen LogP contribution in [0.2, 0.25) is 0 Å². The van der Waals surface area contributed by atoms with Gasteiger partial charge in [-0.2, -0.15) is 0 Å². The van der Waals surface area contributed by atoms with Crippen LogP contribution in [0, 0.1) is 0 Å². The zero-order valence-corrected chi connectivity index (χ0v) is 16.2. The number of para-hydroxylation sites is 1. The second kappa shape index (κ2) is 6.68. The highest BCUT2D eigenvalue weighted by Crippen LogP contribution is 2.41. The lowest BCUT2D eigenvalue weighted by atomic mass is 9.83. The number of nitrogens with zero attached hydrogens (tertiary/aromatic N) is 2. The Bertz CT molecular complexity index is 888. The molecule has 4 rings (SSSR count). The number of rotatable bonds is 5. The fourth-order valence-electron chi connectivity index (χ4n) is 4.44. The molecule has 3 heterocycles. The number of aromatic nitrogens is 1. The first-order valence-corrected chi connectivity index (χ1v) is 9.74. The van der Waals surface area contributed by atoms with Crippen LogP contribution >= 0.6 is 0 Å². The third-order valence-electron chi connectivity index (χ3n) is 5.78. The van der Waals surface area contributed by atoms with E-state index >= 15 is 0 Å². The molecule has 2 aromatic rings. The molecule has 1 fully saturated rings. The minimum atomic E-state index is -0.957. The molecule has 1 saturated heterocycles. The Morgan fingerprint density at radius 3 is 2.81 bits per heavy atom. The molecule has 0 aliphatic carbocycles. The number of piperazine rings is 1. The molecule has 6 heteroatoms. The predicted molar refractivity (Wildman–Crippen MR) is 103 cm³/mol. The van der Waals surface area contributed by atoms with E-state index in [9.17, 15) is 9.59 Å². The number of carbonyl (C=O) groups is 2.